The highest BCUT2D eigenvalue weighted by atomic mass is 35.5. The number of primary amides is 1. The second-order valence-corrected chi connectivity index (χ2v) is 8.94. The third-order valence-electron chi connectivity index (χ3n) is 6.51. The fourth-order valence-electron chi connectivity index (χ4n) is 4.83. The van der Waals surface area contributed by atoms with Gasteiger partial charge in [0.15, 0.2) is 0 Å². The van der Waals surface area contributed by atoms with Crippen LogP contribution in [0.5, 0.6) is 11.5 Å². The lowest BCUT2D eigenvalue weighted by molar-refractivity contribution is -0.130. The normalized spacial score (nSPS) is 20.5. The molecular weight excluding hydrogens is 466 g/mol. The molecule has 1 fully saturated rings. The average Bonchev–Trinajstić information content (AvgIpc) is 3.11. The molecular formula is C27H20ClN3O4. The van der Waals surface area contributed by atoms with Gasteiger partial charge >= 0.3 is 0 Å². The molecule has 1 unspecified atom stereocenters. The maximum absolute atomic E-state index is 13.5. The number of hydrogen-bond acceptors (Lipinski definition) is 4. The Hall–Kier alpha value is -4.28. The Bertz CT molecular complexity index is 1430. The van der Waals surface area contributed by atoms with Crippen molar-refractivity contribution >= 4 is 35.0 Å². The van der Waals surface area contributed by atoms with E-state index in [2.05, 4.69) is 16.6 Å². The van der Waals surface area contributed by atoms with Crippen molar-refractivity contribution in [3.8, 4) is 23.8 Å². The van der Waals surface area contributed by atoms with Crippen molar-refractivity contribution in [1.29, 1.82) is 0 Å². The minimum Gasteiger partial charge on any atom is -0.457 e. The first-order chi connectivity index (χ1) is 16.8. The monoisotopic (exact) mass is 485 g/mol. The number of nitrogens with two attached hydrogens (primary N) is 1. The second-order valence-electron chi connectivity index (χ2n) is 8.50. The number of carbonyl (C=O) groups excluding carboxylic acids is 3. The lowest BCUT2D eigenvalue weighted by Gasteiger charge is -2.40. The number of nitrogens with one attached hydrogen (secondary N) is 2. The van der Waals surface area contributed by atoms with Crippen LogP contribution in [-0.4, -0.2) is 17.7 Å². The number of fused-ring (bicyclic) bond motifs is 2. The van der Waals surface area contributed by atoms with E-state index in [1.807, 2.05) is 6.07 Å². The first-order valence-corrected chi connectivity index (χ1v) is 11.3. The number of anilines is 1. The van der Waals surface area contributed by atoms with Crippen molar-refractivity contribution in [3.05, 3.63) is 87.9 Å². The van der Waals surface area contributed by atoms with E-state index in [1.165, 1.54) is 0 Å². The topological polar surface area (TPSA) is 111 Å². The molecule has 4 N–H and O–H groups in total. The molecule has 3 amide bonds. The maximum atomic E-state index is 13.5. The van der Waals surface area contributed by atoms with Gasteiger partial charge in [-0.25, -0.2) is 0 Å². The van der Waals surface area contributed by atoms with Gasteiger partial charge in [0.2, 0.25) is 17.7 Å². The van der Waals surface area contributed by atoms with Crippen molar-refractivity contribution in [1.82, 2.24) is 5.32 Å². The highest BCUT2D eigenvalue weighted by molar-refractivity contribution is 6.31. The molecule has 3 aromatic carbocycles. The SMILES string of the molecule is C#Cc1ccc(Oc2ccc(C(N)=O)cc2)c([C@H]2NC(=O)CCC23C(=O)Nc2cc(Cl)ccc23)c1. The van der Waals surface area contributed by atoms with Crippen LogP contribution in [0.4, 0.5) is 5.69 Å². The molecule has 3 aromatic rings. The van der Waals surface area contributed by atoms with Crippen LogP contribution in [0, 0.1) is 12.3 Å². The van der Waals surface area contributed by atoms with Crippen molar-refractivity contribution in [3.63, 3.8) is 0 Å². The molecule has 0 bridgehead atoms. The molecule has 5 rings (SSSR count). The zero-order valence-corrected chi connectivity index (χ0v) is 19.2. The maximum Gasteiger partial charge on any atom is 0.248 e. The number of carbonyl (C=O) groups is 3. The van der Waals surface area contributed by atoms with Crippen LogP contribution in [0.25, 0.3) is 0 Å². The predicted octanol–water partition coefficient (Wildman–Crippen LogP) is 4.05. The fourth-order valence-corrected chi connectivity index (χ4v) is 5.00. The van der Waals surface area contributed by atoms with E-state index in [0.717, 1.165) is 5.56 Å². The third kappa shape index (κ3) is 3.78. The van der Waals surface area contributed by atoms with Gasteiger partial charge in [0.25, 0.3) is 0 Å². The van der Waals surface area contributed by atoms with Crippen molar-refractivity contribution in [2.24, 2.45) is 5.73 Å². The summed E-state index contributed by atoms with van der Waals surface area (Å²) in [5.74, 6) is 2.51. The van der Waals surface area contributed by atoms with Crippen LogP contribution in [0.2, 0.25) is 5.02 Å². The number of halogens is 1. The summed E-state index contributed by atoms with van der Waals surface area (Å²) in [4.78, 5) is 37.5. The molecule has 0 aliphatic carbocycles. The Morgan fingerprint density at radius 1 is 1.11 bits per heavy atom. The van der Waals surface area contributed by atoms with Gasteiger partial charge in [0.1, 0.15) is 16.9 Å². The highest BCUT2D eigenvalue weighted by Crippen LogP contribution is 2.53. The number of terminal acetylenes is 1. The van der Waals surface area contributed by atoms with Gasteiger partial charge < -0.3 is 21.1 Å². The van der Waals surface area contributed by atoms with Gasteiger partial charge in [-0.2, -0.15) is 0 Å². The molecule has 0 radical (unpaired) electrons. The third-order valence-corrected chi connectivity index (χ3v) is 6.75. The number of rotatable bonds is 4. The number of piperidine rings is 1. The van der Waals surface area contributed by atoms with E-state index < -0.39 is 17.4 Å². The van der Waals surface area contributed by atoms with Crippen molar-refractivity contribution in [2.45, 2.75) is 24.3 Å². The number of benzene rings is 3. The van der Waals surface area contributed by atoms with E-state index in [9.17, 15) is 14.4 Å². The Kier molecular flexibility index (Phi) is 5.46. The van der Waals surface area contributed by atoms with Gasteiger partial charge in [-0.3, -0.25) is 14.4 Å². The summed E-state index contributed by atoms with van der Waals surface area (Å²) < 4.78 is 6.15. The van der Waals surface area contributed by atoms with Crippen molar-refractivity contribution < 1.29 is 19.1 Å². The first kappa shape index (κ1) is 22.5. The summed E-state index contributed by atoms with van der Waals surface area (Å²) >= 11 is 6.17. The van der Waals surface area contributed by atoms with Gasteiger partial charge in [0.05, 0.1) is 6.04 Å². The number of hydrogen-bond donors (Lipinski definition) is 3. The number of ether oxygens (including phenoxy) is 1. The summed E-state index contributed by atoms with van der Waals surface area (Å²) in [6.45, 7) is 0. The Balaban J connectivity index is 1.64. The number of amides is 3. The molecule has 2 heterocycles. The molecule has 2 atom stereocenters. The molecule has 2 aliphatic heterocycles. The van der Waals surface area contributed by atoms with Crippen LogP contribution < -0.4 is 21.1 Å². The van der Waals surface area contributed by atoms with Crippen LogP contribution in [0.3, 0.4) is 0 Å². The van der Waals surface area contributed by atoms with Crippen LogP contribution in [0.15, 0.2) is 60.7 Å². The van der Waals surface area contributed by atoms with Crippen LogP contribution >= 0.6 is 11.6 Å². The highest BCUT2D eigenvalue weighted by Gasteiger charge is 2.56. The zero-order valence-electron chi connectivity index (χ0n) is 18.4. The molecule has 35 heavy (non-hydrogen) atoms. The van der Waals surface area contributed by atoms with E-state index in [-0.39, 0.29) is 18.2 Å². The molecule has 0 aromatic heterocycles. The Labute approximate surface area is 206 Å². The van der Waals surface area contributed by atoms with E-state index in [4.69, 9.17) is 28.5 Å². The van der Waals surface area contributed by atoms with Gasteiger partial charge in [-0.05, 0) is 66.6 Å². The summed E-state index contributed by atoms with van der Waals surface area (Å²) in [5.41, 5.74) is 7.09. The first-order valence-electron chi connectivity index (χ1n) is 10.9. The van der Waals surface area contributed by atoms with Crippen molar-refractivity contribution in [2.75, 3.05) is 5.32 Å². The molecule has 174 valence electrons. The van der Waals surface area contributed by atoms with E-state index >= 15 is 0 Å². The predicted molar refractivity (Wildman–Crippen MR) is 131 cm³/mol. The average molecular weight is 486 g/mol. The largest absolute Gasteiger partial charge is 0.457 e. The Morgan fingerprint density at radius 2 is 1.89 bits per heavy atom. The second kappa shape index (κ2) is 8.49. The Morgan fingerprint density at radius 3 is 2.60 bits per heavy atom. The zero-order chi connectivity index (χ0) is 24.7. The molecule has 0 saturated carbocycles. The minimum absolute atomic E-state index is 0.182. The summed E-state index contributed by atoms with van der Waals surface area (Å²) in [6, 6.07) is 16.0. The summed E-state index contributed by atoms with van der Waals surface area (Å²) in [6.07, 6.45) is 6.16. The smallest absolute Gasteiger partial charge is 0.248 e. The lowest BCUT2D eigenvalue weighted by atomic mass is 9.67. The van der Waals surface area contributed by atoms with Crippen LogP contribution in [0.1, 0.15) is 45.9 Å². The van der Waals surface area contributed by atoms with E-state index in [1.54, 1.807) is 54.6 Å². The molecule has 7 nitrogen and oxygen atoms in total. The molecule has 8 heteroatoms. The quantitative estimate of drug-likeness (QED) is 0.484. The summed E-state index contributed by atoms with van der Waals surface area (Å²) in [7, 11) is 0. The van der Waals surface area contributed by atoms with Crippen LogP contribution in [-0.2, 0) is 15.0 Å². The van der Waals surface area contributed by atoms with E-state index in [0.29, 0.717) is 45.3 Å². The lowest BCUT2D eigenvalue weighted by Crippen LogP contribution is -2.52. The summed E-state index contributed by atoms with van der Waals surface area (Å²) in [5, 5.41) is 6.43. The van der Waals surface area contributed by atoms with Gasteiger partial charge in [-0.15, -0.1) is 6.42 Å². The fraction of sp³-hybridized carbons (Fsp3) is 0.148. The molecule has 2 aliphatic rings. The standard InChI is InChI=1S/C27H20ClN3O4/c1-2-15-3-10-22(35-18-7-4-16(5-8-18)25(29)33)19(13-15)24-27(12-11-23(32)31-24)20-9-6-17(28)14-21(20)30-26(27)34/h1,3-10,13-14,24H,11-12H2,(H2,29,33)(H,30,34)(H,31,32)/t24-,27?/m1/s1. The molecule has 1 saturated heterocycles. The van der Waals surface area contributed by atoms with Gasteiger partial charge in [-0.1, -0.05) is 23.6 Å². The molecule has 1 spiro atoms. The van der Waals surface area contributed by atoms with Gasteiger partial charge in [0, 0.05) is 33.8 Å². The minimum atomic E-state index is -1.07.